The SMILES string of the molecule is O=C(Cc1ccccc1Cl)N1C2CCC1CC(=C1CC1)C2. The number of carbonyl (C=O) groups is 1. The van der Waals surface area contributed by atoms with Crippen LogP contribution in [0.2, 0.25) is 5.02 Å². The fraction of sp³-hybridized carbons (Fsp3) is 0.500. The van der Waals surface area contributed by atoms with E-state index in [2.05, 4.69) is 4.90 Å². The maximum atomic E-state index is 12.7. The van der Waals surface area contributed by atoms with E-state index in [1.807, 2.05) is 24.3 Å². The molecule has 3 fully saturated rings. The quantitative estimate of drug-likeness (QED) is 0.752. The zero-order valence-corrected chi connectivity index (χ0v) is 12.9. The number of piperidine rings is 1. The standard InChI is InChI=1S/C18H20ClNO/c19-17-4-2-1-3-13(17)11-18(21)20-15-7-8-16(20)10-14(9-15)12-5-6-12/h1-4,15-16H,5-11H2. The molecule has 2 saturated heterocycles. The molecule has 3 aliphatic rings. The third-order valence-electron chi connectivity index (χ3n) is 5.17. The summed E-state index contributed by atoms with van der Waals surface area (Å²) in [5.74, 6) is 0.260. The van der Waals surface area contributed by atoms with Gasteiger partial charge in [-0.2, -0.15) is 0 Å². The van der Waals surface area contributed by atoms with Crippen LogP contribution in [0.3, 0.4) is 0 Å². The van der Waals surface area contributed by atoms with Gasteiger partial charge in [-0.05, 0) is 50.2 Å². The highest BCUT2D eigenvalue weighted by Crippen LogP contribution is 2.44. The number of hydrogen-bond donors (Lipinski definition) is 0. The highest BCUT2D eigenvalue weighted by atomic mass is 35.5. The van der Waals surface area contributed by atoms with Crippen LogP contribution in [0, 0.1) is 0 Å². The lowest BCUT2D eigenvalue weighted by atomic mass is 9.95. The molecular weight excluding hydrogens is 282 g/mol. The van der Waals surface area contributed by atoms with Crippen molar-refractivity contribution in [3.05, 3.63) is 46.0 Å². The molecule has 2 unspecified atom stereocenters. The van der Waals surface area contributed by atoms with Crippen molar-refractivity contribution in [1.82, 2.24) is 4.90 Å². The maximum Gasteiger partial charge on any atom is 0.227 e. The topological polar surface area (TPSA) is 20.3 Å². The zero-order valence-electron chi connectivity index (χ0n) is 12.1. The van der Waals surface area contributed by atoms with Crippen molar-refractivity contribution in [3.8, 4) is 0 Å². The summed E-state index contributed by atoms with van der Waals surface area (Å²) in [6.07, 6.45) is 7.66. The van der Waals surface area contributed by atoms with E-state index in [9.17, 15) is 4.79 Å². The van der Waals surface area contributed by atoms with E-state index in [1.165, 1.54) is 25.7 Å². The molecule has 2 nitrogen and oxygen atoms in total. The Morgan fingerprint density at radius 3 is 2.38 bits per heavy atom. The summed E-state index contributed by atoms with van der Waals surface area (Å²) in [5, 5.41) is 0.705. The third kappa shape index (κ3) is 2.50. The average Bonchev–Trinajstić information content (AvgIpc) is 3.27. The molecule has 0 spiro atoms. The lowest BCUT2D eigenvalue weighted by Crippen LogP contribution is -2.45. The first-order valence-electron chi connectivity index (χ1n) is 7.96. The molecule has 110 valence electrons. The monoisotopic (exact) mass is 301 g/mol. The van der Waals surface area contributed by atoms with Crippen molar-refractivity contribution in [1.29, 1.82) is 0 Å². The lowest BCUT2D eigenvalue weighted by Gasteiger charge is -2.36. The van der Waals surface area contributed by atoms with Crippen molar-refractivity contribution in [2.75, 3.05) is 0 Å². The summed E-state index contributed by atoms with van der Waals surface area (Å²) in [5.41, 5.74) is 4.31. The molecule has 1 aromatic carbocycles. The number of allylic oxidation sites excluding steroid dienone is 1. The van der Waals surface area contributed by atoms with Crippen molar-refractivity contribution < 1.29 is 4.79 Å². The Balaban J connectivity index is 1.51. The van der Waals surface area contributed by atoms with Gasteiger partial charge in [0.05, 0.1) is 6.42 Å². The van der Waals surface area contributed by atoms with Crippen molar-refractivity contribution in [2.45, 2.75) is 57.0 Å². The van der Waals surface area contributed by atoms with Crippen LogP contribution in [-0.2, 0) is 11.2 Å². The molecule has 2 heterocycles. The fourth-order valence-corrected chi connectivity index (χ4v) is 4.22. The second-order valence-corrected chi connectivity index (χ2v) is 6.98. The summed E-state index contributed by atoms with van der Waals surface area (Å²) < 4.78 is 0. The maximum absolute atomic E-state index is 12.7. The number of benzene rings is 1. The van der Waals surface area contributed by atoms with Crippen molar-refractivity contribution >= 4 is 17.5 Å². The van der Waals surface area contributed by atoms with Gasteiger partial charge in [0, 0.05) is 17.1 Å². The first-order chi connectivity index (χ1) is 10.2. The summed E-state index contributed by atoms with van der Waals surface area (Å²) in [4.78, 5) is 14.9. The molecule has 1 saturated carbocycles. The van der Waals surface area contributed by atoms with Crippen LogP contribution < -0.4 is 0 Å². The first kappa shape index (κ1) is 13.4. The van der Waals surface area contributed by atoms with Gasteiger partial charge in [0.2, 0.25) is 5.91 Å². The van der Waals surface area contributed by atoms with Gasteiger partial charge in [-0.15, -0.1) is 0 Å². The number of halogens is 1. The molecule has 0 N–H and O–H groups in total. The molecule has 1 aromatic rings. The van der Waals surface area contributed by atoms with Crippen LogP contribution in [0.4, 0.5) is 0 Å². The Kier molecular flexibility index (Phi) is 3.30. The van der Waals surface area contributed by atoms with Crippen LogP contribution in [0.5, 0.6) is 0 Å². The second-order valence-electron chi connectivity index (χ2n) is 6.57. The van der Waals surface area contributed by atoms with Crippen LogP contribution in [0.15, 0.2) is 35.4 Å². The predicted octanol–water partition coefficient (Wildman–Crippen LogP) is 4.13. The van der Waals surface area contributed by atoms with Crippen LogP contribution in [0.25, 0.3) is 0 Å². The Morgan fingerprint density at radius 1 is 1.10 bits per heavy atom. The van der Waals surface area contributed by atoms with Crippen LogP contribution in [0.1, 0.15) is 44.1 Å². The Labute approximate surface area is 130 Å². The van der Waals surface area contributed by atoms with E-state index in [-0.39, 0.29) is 5.91 Å². The van der Waals surface area contributed by atoms with E-state index < -0.39 is 0 Å². The molecule has 2 bridgehead atoms. The van der Waals surface area contributed by atoms with E-state index in [1.54, 1.807) is 11.1 Å². The van der Waals surface area contributed by atoms with Gasteiger partial charge in [-0.25, -0.2) is 0 Å². The largest absolute Gasteiger partial charge is 0.336 e. The zero-order chi connectivity index (χ0) is 14.4. The smallest absolute Gasteiger partial charge is 0.227 e. The van der Waals surface area contributed by atoms with Gasteiger partial charge >= 0.3 is 0 Å². The molecule has 4 rings (SSSR count). The number of nitrogens with zero attached hydrogens (tertiary/aromatic N) is 1. The van der Waals surface area contributed by atoms with Crippen molar-refractivity contribution in [3.63, 3.8) is 0 Å². The lowest BCUT2D eigenvalue weighted by molar-refractivity contribution is -0.134. The fourth-order valence-electron chi connectivity index (χ4n) is 4.02. The highest BCUT2D eigenvalue weighted by molar-refractivity contribution is 6.31. The second kappa shape index (κ2) is 5.17. The molecule has 1 amide bonds. The highest BCUT2D eigenvalue weighted by Gasteiger charge is 2.42. The number of amides is 1. The average molecular weight is 302 g/mol. The minimum atomic E-state index is 0.260. The number of carbonyl (C=O) groups excluding carboxylic acids is 1. The summed E-state index contributed by atoms with van der Waals surface area (Å²) in [6.45, 7) is 0. The normalized spacial score (nSPS) is 27.2. The van der Waals surface area contributed by atoms with E-state index in [0.29, 0.717) is 23.5 Å². The number of fused-ring (bicyclic) bond motifs is 2. The molecule has 0 aromatic heterocycles. The Bertz CT molecular complexity index is 599. The van der Waals surface area contributed by atoms with E-state index in [0.717, 1.165) is 18.4 Å². The van der Waals surface area contributed by atoms with E-state index >= 15 is 0 Å². The Hall–Kier alpha value is -1.28. The van der Waals surface area contributed by atoms with Gasteiger partial charge in [-0.3, -0.25) is 4.79 Å². The van der Waals surface area contributed by atoms with Gasteiger partial charge in [0.15, 0.2) is 0 Å². The molecule has 21 heavy (non-hydrogen) atoms. The van der Waals surface area contributed by atoms with Gasteiger partial charge in [-0.1, -0.05) is 40.9 Å². The minimum absolute atomic E-state index is 0.260. The number of hydrogen-bond acceptors (Lipinski definition) is 1. The third-order valence-corrected chi connectivity index (χ3v) is 5.54. The molecule has 1 aliphatic carbocycles. The summed E-state index contributed by atoms with van der Waals surface area (Å²) in [6, 6.07) is 8.58. The molecule has 2 aliphatic heterocycles. The van der Waals surface area contributed by atoms with Crippen LogP contribution >= 0.6 is 11.6 Å². The van der Waals surface area contributed by atoms with Crippen LogP contribution in [-0.4, -0.2) is 22.9 Å². The molecular formula is C18H20ClNO. The predicted molar refractivity (Wildman–Crippen MR) is 84.3 cm³/mol. The molecule has 0 radical (unpaired) electrons. The number of rotatable bonds is 2. The molecule has 2 atom stereocenters. The first-order valence-corrected chi connectivity index (χ1v) is 8.34. The van der Waals surface area contributed by atoms with Gasteiger partial charge in [0.1, 0.15) is 0 Å². The van der Waals surface area contributed by atoms with E-state index in [4.69, 9.17) is 11.6 Å². The van der Waals surface area contributed by atoms with Gasteiger partial charge < -0.3 is 4.90 Å². The molecule has 3 heteroatoms. The minimum Gasteiger partial charge on any atom is -0.336 e. The Morgan fingerprint density at radius 2 is 1.76 bits per heavy atom. The van der Waals surface area contributed by atoms with Gasteiger partial charge in [0.25, 0.3) is 0 Å². The summed E-state index contributed by atoms with van der Waals surface area (Å²) >= 11 is 6.19. The summed E-state index contributed by atoms with van der Waals surface area (Å²) in [7, 11) is 0. The van der Waals surface area contributed by atoms with Crippen molar-refractivity contribution in [2.24, 2.45) is 0 Å².